The quantitative estimate of drug-likeness (QED) is 0.803. The molecule has 0 fully saturated rings. The van der Waals surface area contributed by atoms with E-state index < -0.39 is 0 Å². The van der Waals surface area contributed by atoms with Gasteiger partial charge in [0.25, 0.3) is 5.91 Å². The fourth-order valence-corrected chi connectivity index (χ4v) is 2.34. The SMILES string of the molecule is CC(C)C(CNC(=O)c1ccccc1N)c1cccnc1.Cl.Cl. The molecule has 1 aromatic carbocycles. The van der Waals surface area contributed by atoms with Gasteiger partial charge in [0, 0.05) is 30.5 Å². The van der Waals surface area contributed by atoms with Crippen molar-refractivity contribution >= 4 is 36.4 Å². The number of anilines is 1. The number of pyridine rings is 1. The van der Waals surface area contributed by atoms with E-state index in [0.29, 0.717) is 23.7 Å². The molecule has 23 heavy (non-hydrogen) atoms. The van der Waals surface area contributed by atoms with E-state index in [1.807, 2.05) is 30.5 Å². The monoisotopic (exact) mass is 355 g/mol. The summed E-state index contributed by atoms with van der Waals surface area (Å²) in [6.45, 7) is 4.85. The van der Waals surface area contributed by atoms with Gasteiger partial charge in [0.2, 0.25) is 0 Å². The van der Waals surface area contributed by atoms with E-state index in [-0.39, 0.29) is 36.6 Å². The van der Waals surface area contributed by atoms with Gasteiger partial charge < -0.3 is 11.1 Å². The van der Waals surface area contributed by atoms with E-state index in [1.165, 1.54) is 0 Å². The first-order chi connectivity index (χ1) is 10.1. The Bertz CT molecular complexity index is 606. The van der Waals surface area contributed by atoms with Crippen molar-refractivity contribution in [3.05, 3.63) is 59.9 Å². The highest BCUT2D eigenvalue weighted by Gasteiger charge is 2.18. The van der Waals surface area contributed by atoms with Gasteiger partial charge in [0.05, 0.1) is 5.56 Å². The lowest BCUT2D eigenvalue weighted by molar-refractivity contribution is 0.0950. The van der Waals surface area contributed by atoms with E-state index in [0.717, 1.165) is 5.56 Å². The molecule has 0 aliphatic rings. The standard InChI is InChI=1S/C17H21N3O.2ClH/c1-12(2)15(13-6-5-9-19-10-13)11-20-17(21)14-7-3-4-8-16(14)18;;/h3-10,12,15H,11,18H2,1-2H3,(H,20,21);2*1H. The van der Waals surface area contributed by atoms with Crippen molar-refractivity contribution in [3.8, 4) is 0 Å². The van der Waals surface area contributed by atoms with Crippen LogP contribution in [0, 0.1) is 5.92 Å². The largest absolute Gasteiger partial charge is 0.398 e. The first-order valence-electron chi connectivity index (χ1n) is 7.12. The molecule has 4 nitrogen and oxygen atoms in total. The summed E-state index contributed by atoms with van der Waals surface area (Å²) in [6, 6.07) is 11.1. The Hall–Kier alpha value is -1.78. The highest BCUT2D eigenvalue weighted by Crippen LogP contribution is 2.23. The minimum absolute atomic E-state index is 0. The van der Waals surface area contributed by atoms with Crippen molar-refractivity contribution in [1.29, 1.82) is 0 Å². The molecule has 2 rings (SSSR count). The third-order valence-corrected chi connectivity index (χ3v) is 3.61. The maximum absolute atomic E-state index is 12.2. The lowest BCUT2D eigenvalue weighted by Crippen LogP contribution is -2.30. The third-order valence-electron chi connectivity index (χ3n) is 3.61. The number of rotatable bonds is 5. The van der Waals surface area contributed by atoms with Crippen molar-refractivity contribution in [2.24, 2.45) is 5.92 Å². The first kappa shape index (κ1) is 21.2. The summed E-state index contributed by atoms with van der Waals surface area (Å²) in [5.74, 6) is 0.498. The zero-order valence-electron chi connectivity index (χ0n) is 13.2. The Morgan fingerprint density at radius 2 is 1.87 bits per heavy atom. The molecule has 1 amide bonds. The van der Waals surface area contributed by atoms with Gasteiger partial charge in [-0.05, 0) is 29.7 Å². The number of nitrogen functional groups attached to an aromatic ring is 1. The second kappa shape index (κ2) is 10.1. The highest BCUT2D eigenvalue weighted by molar-refractivity contribution is 5.99. The van der Waals surface area contributed by atoms with Crippen molar-refractivity contribution in [2.75, 3.05) is 12.3 Å². The molecule has 0 radical (unpaired) electrons. The van der Waals surface area contributed by atoms with Gasteiger partial charge >= 0.3 is 0 Å². The van der Waals surface area contributed by atoms with Crippen molar-refractivity contribution in [3.63, 3.8) is 0 Å². The van der Waals surface area contributed by atoms with Gasteiger partial charge in [-0.1, -0.05) is 32.0 Å². The smallest absolute Gasteiger partial charge is 0.253 e. The molecular formula is C17H23Cl2N3O. The number of halogens is 2. The van der Waals surface area contributed by atoms with Gasteiger partial charge in [0.15, 0.2) is 0 Å². The van der Waals surface area contributed by atoms with Gasteiger partial charge in [-0.3, -0.25) is 9.78 Å². The van der Waals surface area contributed by atoms with E-state index in [2.05, 4.69) is 24.1 Å². The van der Waals surface area contributed by atoms with Crippen LogP contribution in [0.2, 0.25) is 0 Å². The van der Waals surface area contributed by atoms with Crippen molar-refractivity contribution in [2.45, 2.75) is 19.8 Å². The summed E-state index contributed by atoms with van der Waals surface area (Å²) >= 11 is 0. The number of hydrogen-bond acceptors (Lipinski definition) is 3. The van der Waals surface area contributed by atoms with Crippen molar-refractivity contribution < 1.29 is 4.79 Å². The van der Waals surface area contributed by atoms with Gasteiger partial charge in [-0.2, -0.15) is 0 Å². The summed E-state index contributed by atoms with van der Waals surface area (Å²) in [7, 11) is 0. The number of nitrogens with zero attached hydrogens (tertiary/aromatic N) is 1. The topological polar surface area (TPSA) is 68.0 Å². The van der Waals surface area contributed by atoms with E-state index in [4.69, 9.17) is 5.73 Å². The predicted octanol–water partition coefficient (Wildman–Crippen LogP) is 3.68. The second-order valence-electron chi connectivity index (χ2n) is 5.43. The van der Waals surface area contributed by atoms with E-state index >= 15 is 0 Å². The Morgan fingerprint density at radius 3 is 2.43 bits per heavy atom. The molecule has 126 valence electrons. The van der Waals surface area contributed by atoms with E-state index in [9.17, 15) is 4.79 Å². The number of carbonyl (C=O) groups excluding carboxylic acids is 1. The zero-order chi connectivity index (χ0) is 15.2. The first-order valence-corrected chi connectivity index (χ1v) is 7.12. The third kappa shape index (κ3) is 5.73. The number of benzene rings is 1. The van der Waals surface area contributed by atoms with Gasteiger partial charge in [0.1, 0.15) is 0 Å². The summed E-state index contributed by atoms with van der Waals surface area (Å²) < 4.78 is 0. The van der Waals surface area contributed by atoms with Crippen LogP contribution in [0.5, 0.6) is 0 Å². The summed E-state index contributed by atoms with van der Waals surface area (Å²) in [5, 5.41) is 2.97. The molecule has 3 N–H and O–H groups in total. The average molecular weight is 356 g/mol. The number of carbonyl (C=O) groups is 1. The molecule has 0 bridgehead atoms. The molecular weight excluding hydrogens is 333 g/mol. The summed E-state index contributed by atoms with van der Waals surface area (Å²) in [4.78, 5) is 16.4. The Morgan fingerprint density at radius 1 is 1.17 bits per heavy atom. The lowest BCUT2D eigenvalue weighted by Gasteiger charge is -2.21. The van der Waals surface area contributed by atoms with Crippen LogP contribution in [-0.2, 0) is 0 Å². The average Bonchev–Trinajstić information content (AvgIpc) is 2.48. The summed E-state index contributed by atoms with van der Waals surface area (Å²) in [6.07, 6.45) is 3.61. The number of aromatic nitrogens is 1. The zero-order valence-corrected chi connectivity index (χ0v) is 14.9. The molecule has 1 unspecified atom stereocenters. The number of para-hydroxylation sites is 1. The number of nitrogens with two attached hydrogens (primary N) is 1. The maximum atomic E-state index is 12.2. The molecule has 0 saturated carbocycles. The van der Waals surface area contributed by atoms with E-state index in [1.54, 1.807) is 18.3 Å². The molecule has 0 spiro atoms. The van der Waals surface area contributed by atoms with Crippen LogP contribution >= 0.6 is 24.8 Å². The van der Waals surface area contributed by atoms with Gasteiger partial charge in [-0.25, -0.2) is 0 Å². The minimum Gasteiger partial charge on any atom is -0.398 e. The van der Waals surface area contributed by atoms with Crippen molar-refractivity contribution in [1.82, 2.24) is 10.3 Å². The molecule has 1 aromatic heterocycles. The highest BCUT2D eigenvalue weighted by atomic mass is 35.5. The van der Waals surface area contributed by atoms with Crippen LogP contribution in [0.3, 0.4) is 0 Å². The fraction of sp³-hybridized carbons (Fsp3) is 0.294. The molecule has 1 heterocycles. The Labute approximate surface area is 149 Å². The Balaban J connectivity index is 0.00000242. The number of amides is 1. The van der Waals surface area contributed by atoms with Crippen LogP contribution < -0.4 is 11.1 Å². The van der Waals surface area contributed by atoms with Gasteiger partial charge in [-0.15, -0.1) is 24.8 Å². The second-order valence-corrected chi connectivity index (χ2v) is 5.43. The fourth-order valence-electron chi connectivity index (χ4n) is 2.34. The van der Waals surface area contributed by atoms with Crippen LogP contribution in [-0.4, -0.2) is 17.4 Å². The minimum atomic E-state index is -0.136. The van der Waals surface area contributed by atoms with Crippen LogP contribution in [0.15, 0.2) is 48.8 Å². The van der Waals surface area contributed by atoms with Crippen LogP contribution in [0.1, 0.15) is 35.7 Å². The normalized spacial score (nSPS) is 11.1. The summed E-state index contributed by atoms with van der Waals surface area (Å²) in [5.41, 5.74) is 7.98. The molecule has 0 aliphatic carbocycles. The Kier molecular flexibility index (Phi) is 9.30. The molecule has 6 heteroatoms. The molecule has 2 aromatic rings. The predicted molar refractivity (Wildman–Crippen MR) is 99.5 cm³/mol. The lowest BCUT2D eigenvalue weighted by atomic mass is 9.89. The number of hydrogen-bond donors (Lipinski definition) is 2. The molecule has 0 aliphatic heterocycles. The van der Waals surface area contributed by atoms with Crippen LogP contribution in [0.4, 0.5) is 5.69 Å². The van der Waals surface area contributed by atoms with Crippen LogP contribution in [0.25, 0.3) is 0 Å². The molecule has 1 atom stereocenters. The maximum Gasteiger partial charge on any atom is 0.253 e. The molecule has 0 saturated heterocycles. The number of nitrogens with one attached hydrogen (secondary N) is 1.